The molecule has 4 N–H and O–H groups in total. The summed E-state index contributed by atoms with van der Waals surface area (Å²) in [6.07, 6.45) is 2.95. The maximum Gasteiger partial charge on any atom is 0.219 e. The normalized spacial score (nSPS) is 18.3. The molecule has 4 rings (SSSR count). The van der Waals surface area contributed by atoms with Crippen molar-refractivity contribution in [2.45, 2.75) is 10.9 Å². The number of anilines is 1. The molecule has 0 amide bonds. The van der Waals surface area contributed by atoms with E-state index >= 15 is 0 Å². The zero-order valence-corrected chi connectivity index (χ0v) is 17.0. The van der Waals surface area contributed by atoms with Crippen LogP contribution in [0.4, 0.5) is 10.3 Å². The van der Waals surface area contributed by atoms with Crippen LogP contribution in [-0.4, -0.2) is 56.2 Å². The summed E-state index contributed by atoms with van der Waals surface area (Å²) in [6, 6.07) is 11.9. The van der Waals surface area contributed by atoms with Crippen molar-refractivity contribution < 1.29 is 14.0 Å². The maximum absolute atomic E-state index is 14.9. The van der Waals surface area contributed by atoms with Crippen molar-refractivity contribution in [3.8, 4) is 22.3 Å². The second kappa shape index (κ2) is 9.07. The second-order valence-corrected chi connectivity index (χ2v) is 8.36. The third-order valence-electron chi connectivity index (χ3n) is 5.06. The van der Waals surface area contributed by atoms with Crippen LogP contribution in [0.25, 0.3) is 22.3 Å². The number of piperazine rings is 1. The zero-order valence-electron chi connectivity index (χ0n) is 16.2. The van der Waals surface area contributed by atoms with Gasteiger partial charge >= 0.3 is 0 Å². The van der Waals surface area contributed by atoms with Gasteiger partial charge < -0.3 is 20.7 Å². The van der Waals surface area contributed by atoms with Crippen molar-refractivity contribution in [3.63, 3.8) is 0 Å². The molecule has 2 atom stereocenters. The number of benzene rings is 2. The number of nitrogens with two attached hydrogens (primary N) is 1. The lowest BCUT2D eigenvalue weighted by Crippen LogP contribution is -2.55. The van der Waals surface area contributed by atoms with Crippen LogP contribution in [0.3, 0.4) is 0 Å². The molecule has 1 aliphatic heterocycles. The van der Waals surface area contributed by atoms with Crippen LogP contribution < -0.4 is 11.1 Å². The molecular formula is C21H22FN5O2S. The molecule has 0 saturated carbocycles. The van der Waals surface area contributed by atoms with Crippen molar-refractivity contribution in [1.29, 1.82) is 0 Å². The van der Waals surface area contributed by atoms with Gasteiger partial charge in [0.1, 0.15) is 5.82 Å². The van der Waals surface area contributed by atoms with E-state index in [-0.39, 0.29) is 18.6 Å². The smallest absolute Gasteiger partial charge is 0.219 e. The molecule has 2 aromatic carbocycles. The van der Waals surface area contributed by atoms with Gasteiger partial charge in [0.25, 0.3) is 0 Å². The first-order valence-corrected chi connectivity index (χ1v) is 10.7. The SMILES string of the molecule is Nc1ncc(-c2ccc(-c3ccccc3[S+]([O-])N3CCNCC3CO)cc2F)cn1. The van der Waals surface area contributed by atoms with Crippen molar-refractivity contribution in [3.05, 3.63) is 60.7 Å². The first-order chi connectivity index (χ1) is 14.6. The van der Waals surface area contributed by atoms with Crippen molar-refractivity contribution >= 4 is 17.3 Å². The largest absolute Gasteiger partial charge is 0.593 e. The second-order valence-electron chi connectivity index (χ2n) is 6.95. The minimum Gasteiger partial charge on any atom is -0.593 e. The number of nitrogens with one attached hydrogen (secondary N) is 1. The minimum atomic E-state index is -1.49. The van der Waals surface area contributed by atoms with E-state index in [1.54, 1.807) is 22.5 Å². The van der Waals surface area contributed by atoms with E-state index in [0.29, 0.717) is 46.8 Å². The average molecular weight is 428 g/mol. The number of aliphatic hydroxyl groups excluding tert-OH is 1. The maximum atomic E-state index is 14.9. The van der Waals surface area contributed by atoms with Gasteiger partial charge in [-0.3, -0.25) is 0 Å². The van der Waals surface area contributed by atoms with Gasteiger partial charge in [-0.2, -0.15) is 0 Å². The van der Waals surface area contributed by atoms with Crippen molar-refractivity contribution in [2.75, 3.05) is 32.0 Å². The van der Waals surface area contributed by atoms with Gasteiger partial charge in [0.05, 0.1) is 30.6 Å². The highest BCUT2D eigenvalue weighted by Crippen LogP contribution is 2.33. The molecule has 0 bridgehead atoms. The molecule has 1 aliphatic rings. The number of halogens is 1. The molecule has 1 fully saturated rings. The Balaban J connectivity index is 1.68. The monoisotopic (exact) mass is 427 g/mol. The Kier molecular flexibility index (Phi) is 6.26. The van der Waals surface area contributed by atoms with Gasteiger partial charge in [-0.05, 0) is 23.8 Å². The van der Waals surface area contributed by atoms with Crippen molar-refractivity contribution in [1.82, 2.24) is 19.6 Å². The number of nitrogens with zero attached hydrogens (tertiary/aromatic N) is 3. The van der Waals surface area contributed by atoms with E-state index in [1.807, 2.05) is 18.2 Å². The summed E-state index contributed by atoms with van der Waals surface area (Å²) in [5, 5.41) is 12.8. The van der Waals surface area contributed by atoms with E-state index in [4.69, 9.17) is 5.73 Å². The highest BCUT2D eigenvalue weighted by atomic mass is 32.2. The van der Waals surface area contributed by atoms with Crippen LogP contribution >= 0.6 is 0 Å². The van der Waals surface area contributed by atoms with Crippen LogP contribution in [0.5, 0.6) is 0 Å². The molecule has 2 unspecified atom stereocenters. The lowest BCUT2D eigenvalue weighted by atomic mass is 10.0. The molecule has 3 aromatic rings. The quantitative estimate of drug-likeness (QED) is 0.533. The van der Waals surface area contributed by atoms with Crippen molar-refractivity contribution in [2.24, 2.45) is 0 Å². The van der Waals surface area contributed by atoms with E-state index in [2.05, 4.69) is 15.3 Å². The first-order valence-electron chi connectivity index (χ1n) is 9.55. The molecule has 30 heavy (non-hydrogen) atoms. The Morgan fingerprint density at radius 3 is 2.67 bits per heavy atom. The Bertz CT molecular complexity index is 1020. The number of aliphatic hydroxyl groups is 1. The number of rotatable bonds is 5. The third kappa shape index (κ3) is 4.16. The van der Waals surface area contributed by atoms with E-state index in [1.165, 1.54) is 18.5 Å². The molecule has 9 heteroatoms. The summed E-state index contributed by atoms with van der Waals surface area (Å²) >= 11 is -1.49. The van der Waals surface area contributed by atoms with E-state index in [0.717, 1.165) is 0 Å². The fourth-order valence-electron chi connectivity index (χ4n) is 3.49. The summed E-state index contributed by atoms with van der Waals surface area (Å²) in [5.74, 6) is -0.307. The Morgan fingerprint density at radius 1 is 1.17 bits per heavy atom. The van der Waals surface area contributed by atoms with Gasteiger partial charge in [0.2, 0.25) is 5.95 Å². The summed E-state index contributed by atoms with van der Waals surface area (Å²) < 4.78 is 30.0. The van der Waals surface area contributed by atoms with Crippen LogP contribution in [-0.2, 0) is 11.4 Å². The molecule has 0 aliphatic carbocycles. The lowest BCUT2D eigenvalue weighted by Gasteiger charge is -2.34. The predicted molar refractivity (Wildman–Crippen MR) is 114 cm³/mol. The summed E-state index contributed by atoms with van der Waals surface area (Å²) in [4.78, 5) is 8.40. The molecule has 2 heterocycles. The average Bonchev–Trinajstić information content (AvgIpc) is 2.79. The molecular weight excluding hydrogens is 405 g/mol. The molecule has 1 aromatic heterocycles. The van der Waals surface area contributed by atoms with Crippen LogP contribution in [0.2, 0.25) is 0 Å². The summed E-state index contributed by atoms with van der Waals surface area (Å²) in [7, 11) is 0. The first kappa shape index (κ1) is 20.7. The van der Waals surface area contributed by atoms with Gasteiger partial charge in [-0.1, -0.05) is 24.3 Å². The third-order valence-corrected chi connectivity index (χ3v) is 6.70. The Hall–Kier alpha value is -2.56. The molecule has 0 radical (unpaired) electrons. The summed E-state index contributed by atoms with van der Waals surface area (Å²) in [6.45, 7) is 1.72. The Labute approximate surface area is 177 Å². The number of nitrogen functional groups attached to an aromatic ring is 1. The molecule has 156 valence electrons. The van der Waals surface area contributed by atoms with Gasteiger partial charge in [-0.15, -0.1) is 4.31 Å². The molecule has 0 spiro atoms. The standard InChI is InChI=1S/C21H22FN5O2S/c22-19-9-14(5-6-17(19)15-10-25-21(23)26-11-15)18-3-1-2-4-20(18)30(29)27-8-7-24-12-16(27)13-28/h1-6,9-11,16,24,28H,7-8,12-13H2,(H2,23,25,26). The number of aromatic nitrogens is 2. The van der Waals surface area contributed by atoms with Crippen LogP contribution in [0.15, 0.2) is 59.8 Å². The fourth-order valence-corrected chi connectivity index (χ4v) is 4.98. The molecule has 1 saturated heterocycles. The van der Waals surface area contributed by atoms with Crippen LogP contribution in [0, 0.1) is 5.82 Å². The van der Waals surface area contributed by atoms with Crippen LogP contribution in [0.1, 0.15) is 0 Å². The molecule has 7 nitrogen and oxygen atoms in total. The van der Waals surface area contributed by atoms with E-state index in [9.17, 15) is 14.0 Å². The van der Waals surface area contributed by atoms with Gasteiger partial charge in [-0.25, -0.2) is 14.4 Å². The highest BCUT2D eigenvalue weighted by Gasteiger charge is 2.34. The number of hydrogen-bond donors (Lipinski definition) is 3. The topological polar surface area (TPSA) is 110 Å². The zero-order chi connectivity index (χ0) is 21.1. The van der Waals surface area contributed by atoms with Gasteiger partial charge in [0.15, 0.2) is 4.90 Å². The number of hydrogen-bond acceptors (Lipinski definition) is 7. The predicted octanol–water partition coefficient (Wildman–Crippen LogP) is 1.82. The lowest BCUT2D eigenvalue weighted by molar-refractivity contribution is 0.165. The minimum absolute atomic E-state index is 0.0894. The van der Waals surface area contributed by atoms with Gasteiger partial charge in [0, 0.05) is 42.2 Å². The summed E-state index contributed by atoms with van der Waals surface area (Å²) in [5.41, 5.74) is 7.69. The Morgan fingerprint density at radius 2 is 1.93 bits per heavy atom. The van der Waals surface area contributed by atoms with E-state index < -0.39 is 17.2 Å². The highest BCUT2D eigenvalue weighted by molar-refractivity contribution is 7.89. The fraction of sp³-hybridized carbons (Fsp3) is 0.238.